The molecule has 0 aromatic carbocycles. The third-order valence-corrected chi connectivity index (χ3v) is 5.48. The standard InChI is InChI=1S/C19H31NO3/c1-12(2)15-10-16(21)20(18(15)23)11-13-6-8-14(9-7-13)17(22)19(3,4)5/h12-15H,6-11H2,1-5H3. The molecule has 4 nitrogen and oxygen atoms in total. The van der Waals surface area contributed by atoms with Crippen molar-refractivity contribution in [3.63, 3.8) is 0 Å². The van der Waals surface area contributed by atoms with Crippen LogP contribution in [0, 0.1) is 29.1 Å². The minimum absolute atomic E-state index is 0.0119. The average Bonchev–Trinajstić information content (AvgIpc) is 2.74. The number of hydrogen-bond acceptors (Lipinski definition) is 3. The first-order valence-electron chi connectivity index (χ1n) is 8.99. The monoisotopic (exact) mass is 321 g/mol. The highest BCUT2D eigenvalue weighted by Crippen LogP contribution is 2.35. The Labute approximate surface area is 140 Å². The van der Waals surface area contributed by atoms with Gasteiger partial charge in [0.2, 0.25) is 11.8 Å². The van der Waals surface area contributed by atoms with Crippen LogP contribution in [-0.2, 0) is 14.4 Å². The molecule has 2 amide bonds. The molecule has 1 aliphatic carbocycles. The summed E-state index contributed by atoms with van der Waals surface area (Å²) in [7, 11) is 0. The summed E-state index contributed by atoms with van der Waals surface area (Å²) in [6.07, 6.45) is 4.04. The van der Waals surface area contributed by atoms with Crippen LogP contribution in [-0.4, -0.2) is 29.0 Å². The Bertz CT molecular complexity index is 481. The molecule has 1 saturated carbocycles. The molecule has 0 radical (unpaired) electrons. The van der Waals surface area contributed by atoms with Crippen molar-refractivity contribution in [3.05, 3.63) is 0 Å². The zero-order valence-electron chi connectivity index (χ0n) is 15.2. The summed E-state index contributed by atoms with van der Waals surface area (Å²) in [5.74, 6) is 0.944. The molecule has 0 bridgehead atoms. The first-order valence-corrected chi connectivity index (χ1v) is 8.99. The van der Waals surface area contributed by atoms with Gasteiger partial charge < -0.3 is 0 Å². The number of imide groups is 1. The Morgan fingerprint density at radius 1 is 1.13 bits per heavy atom. The smallest absolute Gasteiger partial charge is 0.233 e. The van der Waals surface area contributed by atoms with Gasteiger partial charge in [-0.15, -0.1) is 0 Å². The number of amides is 2. The first-order chi connectivity index (χ1) is 10.6. The van der Waals surface area contributed by atoms with Gasteiger partial charge in [-0.3, -0.25) is 19.3 Å². The summed E-state index contributed by atoms with van der Waals surface area (Å²) >= 11 is 0. The topological polar surface area (TPSA) is 54.5 Å². The fourth-order valence-electron chi connectivity index (χ4n) is 3.90. The average molecular weight is 321 g/mol. The van der Waals surface area contributed by atoms with E-state index in [1.807, 2.05) is 34.6 Å². The van der Waals surface area contributed by atoms with Crippen LogP contribution < -0.4 is 0 Å². The van der Waals surface area contributed by atoms with Crippen LogP contribution in [0.5, 0.6) is 0 Å². The van der Waals surface area contributed by atoms with Crippen LogP contribution in [0.4, 0.5) is 0 Å². The number of rotatable bonds is 4. The van der Waals surface area contributed by atoms with E-state index < -0.39 is 0 Å². The van der Waals surface area contributed by atoms with Gasteiger partial charge in [-0.25, -0.2) is 0 Å². The number of nitrogens with zero attached hydrogens (tertiary/aromatic N) is 1. The van der Waals surface area contributed by atoms with Gasteiger partial charge in [-0.05, 0) is 37.5 Å². The molecule has 2 rings (SSSR count). The van der Waals surface area contributed by atoms with E-state index in [0.29, 0.717) is 24.7 Å². The van der Waals surface area contributed by atoms with E-state index in [0.717, 1.165) is 25.7 Å². The lowest BCUT2D eigenvalue weighted by molar-refractivity contribution is -0.141. The van der Waals surface area contributed by atoms with Crippen molar-refractivity contribution in [1.82, 2.24) is 4.90 Å². The van der Waals surface area contributed by atoms with Crippen molar-refractivity contribution >= 4 is 17.6 Å². The second kappa shape index (κ2) is 6.74. The van der Waals surface area contributed by atoms with Gasteiger partial charge in [-0.1, -0.05) is 34.6 Å². The summed E-state index contributed by atoms with van der Waals surface area (Å²) in [6.45, 7) is 10.5. The second-order valence-electron chi connectivity index (χ2n) is 8.73. The van der Waals surface area contributed by atoms with Gasteiger partial charge >= 0.3 is 0 Å². The Kier molecular flexibility index (Phi) is 5.32. The first kappa shape index (κ1) is 18.2. The van der Waals surface area contributed by atoms with Gasteiger partial charge in [0.25, 0.3) is 0 Å². The number of carbonyl (C=O) groups is 3. The van der Waals surface area contributed by atoms with E-state index in [1.165, 1.54) is 4.90 Å². The lowest BCUT2D eigenvalue weighted by atomic mass is 9.73. The SMILES string of the molecule is CC(C)C1CC(=O)N(CC2CCC(C(=O)C(C)(C)C)CC2)C1=O. The Hall–Kier alpha value is -1.19. The quantitative estimate of drug-likeness (QED) is 0.745. The summed E-state index contributed by atoms with van der Waals surface area (Å²) in [6, 6.07) is 0. The van der Waals surface area contributed by atoms with Gasteiger partial charge in [0.15, 0.2) is 0 Å². The number of likely N-dealkylation sites (tertiary alicyclic amines) is 1. The molecule has 1 unspecified atom stereocenters. The molecule has 23 heavy (non-hydrogen) atoms. The van der Waals surface area contributed by atoms with Gasteiger partial charge in [0.05, 0.1) is 0 Å². The van der Waals surface area contributed by atoms with Gasteiger partial charge in [-0.2, -0.15) is 0 Å². The Balaban J connectivity index is 1.89. The third kappa shape index (κ3) is 4.02. The predicted molar refractivity (Wildman–Crippen MR) is 89.6 cm³/mol. The fourth-order valence-corrected chi connectivity index (χ4v) is 3.90. The summed E-state index contributed by atoms with van der Waals surface area (Å²) in [5.41, 5.74) is -0.275. The molecule has 1 aliphatic heterocycles. The van der Waals surface area contributed by atoms with Crippen molar-refractivity contribution in [1.29, 1.82) is 0 Å². The molecule has 0 spiro atoms. The van der Waals surface area contributed by atoms with Crippen LogP contribution in [0.1, 0.15) is 66.7 Å². The van der Waals surface area contributed by atoms with Crippen molar-refractivity contribution in [2.75, 3.05) is 6.54 Å². The molecular weight excluding hydrogens is 290 g/mol. The van der Waals surface area contributed by atoms with E-state index in [-0.39, 0.29) is 35.0 Å². The molecule has 130 valence electrons. The van der Waals surface area contributed by atoms with Crippen molar-refractivity contribution in [3.8, 4) is 0 Å². The normalized spacial score (nSPS) is 29.5. The van der Waals surface area contributed by atoms with Crippen molar-refractivity contribution in [2.24, 2.45) is 29.1 Å². The zero-order chi connectivity index (χ0) is 17.4. The molecule has 1 atom stereocenters. The molecule has 0 aromatic rings. The van der Waals surface area contributed by atoms with Crippen molar-refractivity contribution < 1.29 is 14.4 Å². The summed E-state index contributed by atoms with van der Waals surface area (Å²) in [5, 5.41) is 0. The van der Waals surface area contributed by atoms with Crippen molar-refractivity contribution in [2.45, 2.75) is 66.7 Å². The predicted octanol–water partition coefficient (Wildman–Crippen LogP) is 3.44. The third-order valence-electron chi connectivity index (χ3n) is 5.48. The van der Waals surface area contributed by atoms with E-state index in [9.17, 15) is 14.4 Å². The van der Waals surface area contributed by atoms with Crippen LogP contribution in [0.3, 0.4) is 0 Å². The molecule has 1 saturated heterocycles. The minimum atomic E-state index is -0.275. The minimum Gasteiger partial charge on any atom is -0.299 e. The van der Waals surface area contributed by atoms with E-state index in [4.69, 9.17) is 0 Å². The highest BCUT2D eigenvalue weighted by molar-refractivity contribution is 6.03. The lowest BCUT2D eigenvalue weighted by Gasteiger charge is -2.33. The lowest BCUT2D eigenvalue weighted by Crippen LogP contribution is -2.38. The molecular formula is C19H31NO3. The highest BCUT2D eigenvalue weighted by atomic mass is 16.2. The van der Waals surface area contributed by atoms with E-state index in [1.54, 1.807) is 0 Å². The maximum atomic E-state index is 12.4. The fraction of sp³-hybridized carbons (Fsp3) is 0.842. The maximum Gasteiger partial charge on any atom is 0.233 e. The van der Waals surface area contributed by atoms with E-state index >= 15 is 0 Å². The van der Waals surface area contributed by atoms with Crippen LogP contribution in [0.2, 0.25) is 0 Å². The molecule has 2 fully saturated rings. The van der Waals surface area contributed by atoms with Crippen LogP contribution >= 0.6 is 0 Å². The number of ketones is 1. The van der Waals surface area contributed by atoms with Crippen LogP contribution in [0.25, 0.3) is 0 Å². The molecule has 2 aliphatic rings. The number of hydrogen-bond donors (Lipinski definition) is 0. The molecule has 1 heterocycles. The second-order valence-corrected chi connectivity index (χ2v) is 8.73. The zero-order valence-corrected chi connectivity index (χ0v) is 15.2. The Morgan fingerprint density at radius 2 is 1.70 bits per heavy atom. The van der Waals surface area contributed by atoms with E-state index in [2.05, 4.69) is 0 Å². The summed E-state index contributed by atoms with van der Waals surface area (Å²) in [4.78, 5) is 38.4. The van der Waals surface area contributed by atoms with Gasteiger partial charge in [0, 0.05) is 30.2 Å². The molecule has 0 N–H and O–H groups in total. The number of Topliss-reactive ketones (excluding diaryl/α,β-unsaturated/α-hetero) is 1. The Morgan fingerprint density at radius 3 is 2.13 bits per heavy atom. The largest absolute Gasteiger partial charge is 0.299 e. The molecule has 0 aromatic heterocycles. The van der Waals surface area contributed by atoms with Gasteiger partial charge in [0.1, 0.15) is 5.78 Å². The summed E-state index contributed by atoms with van der Waals surface area (Å²) < 4.78 is 0. The highest BCUT2D eigenvalue weighted by Gasteiger charge is 2.41. The molecule has 4 heteroatoms. The number of carbonyl (C=O) groups excluding carboxylic acids is 3. The maximum absolute atomic E-state index is 12.4. The van der Waals surface area contributed by atoms with Crippen LogP contribution in [0.15, 0.2) is 0 Å².